The Morgan fingerprint density at radius 3 is 2.88 bits per heavy atom. The van der Waals surface area contributed by atoms with E-state index in [2.05, 4.69) is 0 Å². The fourth-order valence-corrected chi connectivity index (χ4v) is 3.79. The molecule has 4 rings (SSSR count). The average molecular weight is 329 g/mol. The van der Waals surface area contributed by atoms with Crippen LogP contribution in [-0.2, 0) is 19.1 Å². The summed E-state index contributed by atoms with van der Waals surface area (Å²) in [6.07, 6.45) is 2.89. The molecular weight excluding hydrogens is 314 g/mol. The summed E-state index contributed by atoms with van der Waals surface area (Å²) in [5.41, 5.74) is -0.782. The van der Waals surface area contributed by atoms with E-state index < -0.39 is 35.4 Å². The Labute approximate surface area is 137 Å². The molecule has 4 atom stereocenters. The van der Waals surface area contributed by atoms with Crippen LogP contribution in [0.25, 0.3) is 0 Å². The average Bonchev–Trinajstić information content (AvgIpc) is 3.18. The van der Waals surface area contributed by atoms with Crippen molar-refractivity contribution in [3.63, 3.8) is 0 Å². The molecule has 7 heteroatoms. The Bertz CT molecular complexity index is 787. The molecule has 0 saturated carbocycles. The van der Waals surface area contributed by atoms with Crippen molar-refractivity contribution < 1.29 is 29.0 Å². The number of esters is 1. The van der Waals surface area contributed by atoms with Gasteiger partial charge in [0, 0.05) is 13.0 Å². The third-order valence-corrected chi connectivity index (χ3v) is 4.74. The van der Waals surface area contributed by atoms with Crippen LogP contribution in [0.2, 0.25) is 0 Å². The maximum Gasteiger partial charge on any atom is 0.308 e. The van der Waals surface area contributed by atoms with Crippen LogP contribution in [0.1, 0.15) is 6.92 Å². The smallest absolute Gasteiger partial charge is 0.308 e. The highest BCUT2D eigenvalue weighted by atomic mass is 16.5. The number of hydrogen-bond donors (Lipinski definition) is 1. The molecule has 7 nitrogen and oxygen atoms in total. The lowest BCUT2D eigenvalue weighted by Gasteiger charge is -2.26. The number of aliphatic hydroxyl groups excluding tert-OH is 1. The normalized spacial score (nSPS) is 33.2. The zero-order chi connectivity index (χ0) is 17.1. The van der Waals surface area contributed by atoms with E-state index in [0.717, 1.165) is 4.90 Å². The van der Waals surface area contributed by atoms with Crippen LogP contribution in [-0.4, -0.2) is 41.2 Å². The first-order valence-electron chi connectivity index (χ1n) is 7.61. The van der Waals surface area contributed by atoms with E-state index >= 15 is 0 Å². The molecule has 24 heavy (non-hydrogen) atoms. The third kappa shape index (κ3) is 1.88. The van der Waals surface area contributed by atoms with E-state index in [-0.39, 0.29) is 18.3 Å². The van der Waals surface area contributed by atoms with Gasteiger partial charge in [-0.15, -0.1) is 0 Å². The van der Waals surface area contributed by atoms with Crippen LogP contribution in [0.5, 0.6) is 5.75 Å². The molecule has 1 N–H and O–H groups in total. The molecule has 1 aromatic rings. The maximum atomic E-state index is 12.9. The lowest BCUT2D eigenvalue weighted by molar-refractivity contribution is -0.132. The molecule has 3 heterocycles. The highest BCUT2D eigenvalue weighted by Crippen LogP contribution is 2.52. The number of carbonyl (C=O) groups is 3. The van der Waals surface area contributed by atoms with Crippen molar-refractivity contribution in [1.82, 2.24) is 0 Å². The van der Waals surface area contributed by atoms with E-state index in [9.17, 15) is 19.5 Å². The number of imide groups is 1. The van der Waals surface area contributed by atoms with Gasteiger partial charge in [-0.25, -0.2) is 4.90 Å². The minimum absolute atomic E-state index is 0.256. The third-order valence-electron chi connectivity index (χ3n) is 4.74. The lowest BCUT2D eigenvalue weighted by Crippen LogP contribution is -2.43. The number of hydrogen-bond acceptors (Lipinski definition) is 6. The first-order chi connectivity index (χ1) is 11.5. The lowest BCUT2D eigenvalue weighted by atomic mass is 9.77. The SMILES string of the molecule is CC(=O)Oc1cccc(N2C(=O)[C@@H]3[C@@H]4C=C[C@](CO)(O4)[C@@H]3C2=O)c1. The van der Waals surface area contributed by atoms with Crippen molar-refractivity contribution in [3.05, 3.63) is 36.4 Å². The van der Waals surface area contributed by atoms with Crippen LogP contribution < -0.4 is 9.64 Å². The number of carbonyl (C=O) groups excluding carboxylic acids is 3. The fraction of sp³-hybridized carbons (Fsp3) is 0.353. The van der Waals surface area contributed by atoms with Crippen LogP contribution in [0.3, 0.4) is 0 Å². The van der Waals surface area contributed by atoms with E-state index in [4.69, 9.17) is 9.47 Å². The van der Waals surface area contributed by atoms with Crippen LogP contribution >= 0.6 is 0 Å². The van der Waals surface area contributed by atoms with Crippen molar-refractivity contribution in [2.75, 3.05) is 11.5 Å². The number of aliphatic hydroxyl groups is 1. The van der Waals surface area contributed by atoms with Gasteiger partial charge in [0.05, 0.1) is 30.2 Å². The van der Waals surface area contributed by atoms with Gasteiger partial charge in [0.25, 0.3) is 0 Å². The van der Waals surface area contributed by atoms with Gasteiger partial charge in [-0.1, -0.05) is 18.2 Å². The second-order valence-corrected chi connectivity index (χ2v) is 6.16. The highest BCUT2D eigenvalue weighted by Gasteiger charge is 2.67. The molecule has 0 radical (unpaired) electrons. The zero-order valence-corrected chi connectivity index (χ0v) is 12.8. The van der Waals surface area contributed by atoms with Gasteiger partial charge in [-0.05, 0) is 12.1 Å². The number of nitrogens with zero attached hydrogens (tertiary/aromatic N) is 1. The maximum absolute atomic E-state index is 12.9. The Balaban J connectivity index is 1.71. The van der Waals surface area contributed by atoms with Gasteiger partial charge >= 0.3 is 5.97 Å². The molecule has 0 spiro atoms. The summed E-state index contributed by atoms with van der Waals surface area (Å²) in [6.45, 7) is 0.913. The van der Waals surface area contributed by atoms with Gasteiger partial charge in [0.15, 0.2) is 0 Å². The molecular formula is C17H15NO6. The predicted molar refractivity (Wildman–Crippen MR) is 81.1 cm³/mol. The molecule has 0 unspecified atom stereocenters. The van der Waals surface area contributed by atoms with Gasteiger partial charge in [-0.3, -0.25) is 14.4 Å². The summed E-state index contributed by atoms with van der Waals surface area (Å²) >= 11 is 0. The zero-order valence-electron chi connectivity index (χ0n) is 12.8. The molecule has 1 aromatic carbocycles. The van der Waals surface area contributed by atoms with Crippen molar-refractivity contribution in [2.45, 2.75) is 18.6 Å². The monoisotopic (exact) mass is 329 g/mol. The molecule has 3 aliphatic rings. The number of rotatable bonds is 3. The standard InChI is InChI=1S/C17H15NO6/c1-9(20)23-11-4-2-3-10(7-11)18-15(21)13-12-5-6-17(8-19,24-12)14(13)16(18)22/h2-7,12-14,19H,8H2,1H3/t12-,13+,14-,17+/m0/s1. The topological polar surface area (TPSA) is 93.1 Å². The highest BCUT2D eigenvalue weighted by molar-refractivity contribution is 6.23. The molecule has 0 aromatic heterocycles. The van der Waals surface area contributed by atoms with E-state index in [1.807, 2.05) is 0 Å². The number of amides is 2. The Kier molecular flexibility index (Phi) is 3.13. The summed E-state index contributed by atoms with van der Waals surface area (Å²) in [6, 6.07) is 6.25. The Hall–Kier alpha value is -2.51. The summed E-state index contributed by atoms with van der Waals surface area (Å²) in [7, 11) is 0. The number of ether oxygens (including phenoxy) is 2. The van der Waals surface area contributed by atoms with Gasteiger partial charge in [0.1, 0.15) is 11.4 Å². The van der Waals surface area contributed by atoms with Crippen LogP contribution in [0.15, 0.2) is 36.4 Å². The summed E-state index contributed by atoms with van der Waals surface area (Å²) < 4.78 is 10.7. The first-order valence-corrected chi connectivity index (χ1v) is 7.61. The summed E-state index contributed by atoms with van der Waals surface area (Å²) in [4.78, 5) is 37.8. The van der Waals surface area contributed by atoms with E-state index in [1.165, 1.54) is 13.0 Å². The molecule has 2 amide bonds. The molecule has 2 saturated heterocycles. The predicted octanol–water partition coefficient (Wildman–Crippen LogP) is 0.417. The van der Waals surface area contributed by atoms with Gasteiger partial charge in [0.2, 0.25) is 11.8 Å². The second-order valence-electron chi connectivity index (χ2n) is 6.16. The first kappa shape index (κ1) is 15.0. The van der Waals surface area contributed by atoms with Crippen molar-refractivity contribution in [3.8, 4) is 5.75 Å². The number of fused-ring (bicyclic) bond motifs is 5. The molecule has 2 bridgehead atoms. The number of benzene rings is 1. The Morgan fingerprint density at radius 1 is 1.38 bits per heavy atom. The summed E-state index contributed by atoms with van der Waals surface area (Å²) in [5, 5.41) is 9.68. The quantitative estimate of drug-likeness (QED) is 0.374. The van der Waals surface area contributed by atoms with Crippen LogP contribution in [0.4, 0.5) is 5.69 Å². The largest absolute Gasteiger partial charge is 0.427 e. The van der Waals surface area contributed by atoms with Gasteiger partial charge < -0.3 is 14.6 Å². The minimum Gasteiger partial charge on any atom is -0.427 e. The molecule has 0 aliphatic carbocycles. The van der Waals surface area contributed by atoms with Crippen molar-refractivity contribution in [1.29, 1.82) is 0 Å². The van der Waals surface area contributed by atoms with Crippen LogP contribution in [0, 0.1) is 11.8 Å². The molecule has 2 fully saturated rings. The van der Waals surface area contributed by atoms with Crippen molar-refractivity contribution in [2.24, 2.45) is 11.8 Å². The Morgan fingerprint density at radius 2 is 2.17 bits per heavy atom. The number of anilines is 1. The molecule has 3 aliphatic heterocycles. The second kappa shape index (κ2) is 4.99. The summed E-state index contributed by atoms with van der Waals surface area (Å²) in [5.74, 6) is -2.38. The van der Waals surface area contributed by atoms with E-state index in [1.54, 1.807) is 30.4 Å². The van der Waals surface area contributed by atoms with E-state index in [0.29, 0.717) is 5.69 Å². The molecule has 124 valence electrons. The van der Waals surface area contributed by atoms with Gasteiger partial charge in [-0.2, -0.15) is 0 Å². The van der Waals surface area contributed by atoms with Crippen molar-refractivity contribution >= 4 is 23.5 Å². The minimum atomic E-state index is -1.12. The fourth-order valence-electron chi connectivity index (χ4n) is 3.79.